The van der Waals surface area contributed by atoms with Gasteiger partial charge in [0.15, 0.2) is 6.10 Å². The molecule has 0 fully saturated rings. The van der Waals surface area contributed by atoms with E-state index in [1.54, 1.807) is 0 Å². The second kappa shape index (κ2) is 62.4. The van der Waals surface area contributed by atoms with Crippen LogP contribution in [0.15, 0.2) is 24.3 Å². The van der Waals surface area contributed by atoms with Gasteiger partial charge in [-0.3, -0.25) is 14.4 Å². The van der Waals surface area contributed by atoms with Gasteiger partial charge in [0.25, 0.3) is 0 Å². The predicted molar refractivity (Wildman–Crippen MR) is 316 cm³/mol. The third-order valence-corrected chi connectivity index (χ3v) is 14.9. The lowest BCUT2D eigenvalue weighted by Gasteiger charge is -2.18. The van der Waals surface area contributed by atoms with E-state index in [9.17, 15) is 14.4 Å². The van der Waals surface area contributed by atoms with Crippen molar-refractivity contribution in [3.63, 3.8) is 0 Å². The maximum absolute atomic E-state index is 12.8. The molecule has 0 heterocycles. The summed E-state index contributed by atoms with van der Waals surface area (Å²) in [5, 5.41) is 0. The average Bonchev–Trinajstić information content (AvgIpc) is 3.39. The number of hydrogen-bond donors (Lipinski definition) is 0. The van der Waals surface area contributed by atoms with Crippen LogP contribution in [0.2, 0.25) is 0 Å². The van der Waals surface area contributed by atoms with Gasteiger partial charge in [-0.05, 0) is 70.6 Å². The van der Waals surface area contributed by atoms with Crippen molar-refractivity contribution in [1.29, 1.82) is 0 Å². The Balaban J connectivity index is 3.95. The number of carbonyl (C=O) groups excluding carboxylic acids is 3. The summed E-state index contributed by atoms with van der Waals surface area (Å²) >= 11 is 0. The topological polar surface area (TPSA) is 78.9 Å². The van der Waals surface area contributed by atoms with Crippen molar-refractivity contribution in [3.05, 3.63) is 24.3 Å². The van der Waals surface area contributed by atoms with Gasteiger partial charge < -0.3 is 14.2 Å². The normalized spacial score (nSPS) is 12.1. The summed E-state index contributed by atoms with van der Waals surface area (Å²) in [6.07, 6.45) is 75.3. The molecule has 0 amide bonds. The van der Waals surface area contributed by atoms with Crippen LogP contribution in [0.3, 0.4) is 0 Å². The van der Waals surface area contributed by atoms with E-state index < -0.39 is 6.10 Å². The first-order valence-corrected chi connectivity index (χ1v) is 32.8. The molecule has 430 valence electrons. The summed E-state index contributed by atoms with van der Waals surface area (Å²) in [5.41, 5.74) is 0. The summed E-state index contributed by atoms with van der Waals surface area (Å²) in [7, 11) is 0. The zero-order chi connectivity index (χ0) is 52.9. The van der Waals surface area contributed by atoms with Crippen molar-refractivity contribution < 1.29 is 28.6 Å². The van der Waals surface area contributed by atoms with Crippen LogP contribution in [-0.4, -0.2) is 37.2 Å². The number of rotatable bonds is 61. The van der Waals surface area contributed by atoms with Gasteiger partial charge in [-0.2, -0.15) is 0 Å². The molecule has 0 aliphatic heterocycles. The molecule has 0 aliphatic carbocycles. The summed E-state index contributed by atoms with van der Waals surface area (Å²) < 4.78 is 16.8. The van der Waals surface area contributed by atoms with E-state index >= 15 is 0 Å². The molecule has 0 saturated heterocycles. The van der Waals surface area contributed by atoms with Gasteiger partial charge >= 0.3 is 17.9 Å². The number of allylic oxidation sites excluding steroid dienone is 4. The molecule has 0 bridgehead atoms. The lowest BCUT2D eigenvalue weighted by molar-refractivity contribution is -0.167. The molecule has 1 atom stereocenters. The van der Waals surface area contributed by atoms with Crippen LogP contribution in [-0.2, 0) is 28.6 Å². The second-order valence-electron chi connectivity index (χ2n) is 22.4. The Morgan fingerprint density at radius 3 is 0.685 bits per heavy atom. The molecule has 1 unspecified atom stereocenters. The SMILES string of the molecule is CCCCCCCCC/C=C\CCCCCCCCCC(=O)OC(COC(=O)CCCCCCCC)COC(=O)CCCCCCCCCCCCCCCCCCCCC/C=C\CCCCCCCCCC. The molecule has 0 aromatic heterocycles. The number of hydrogen-bond acceptors (Lipinski definition) is 6. The van der Waals surface area contributed by atoms with E-state index in [1.807, 2.05) is 0 Å². The smallest absolute Gasteiger partial charge is 0.306 e. The number of ether oxygens (including phenoxy) is 3. The van der Waals surface area contributed by atoms with Crippen LogP contribution in [0.1, 0.15) is 367 Å². The summed E-state index contributed by atoms with van der Waals surface area (Å²) in [4.78, 5) is 38.0. The van der Waals surface area contributed by atoms with Crippen LogP contribution < -0.4 is 0 Å². The van der Waals surface area contributed by atoms with Crippen LogP contribution in [0, 0.1) is 0 Å². The number of esters is 3. The minimum Gasteiger partial charge on any atom is -0.462 e. The second-order valence-corrected chi connectivity index (χ2v) is 22.4. The molecule has 6 heteroatoms. The van der Waals surface area contributed by atoms with Gasteiger partial charge in [0, 0.05) is 19.3 Å². The van der Waals surface area contributed by atoms with Gasteiger partial charge in [0.05, 0.1) is 0 Å². The predicted octanol–water partition coefficient (Wildman–Crippen LogP) is 22.2. The lowest BCUT2D eigenvalue weighted by Crippen LogP contribution is -2.30. The van der Waals surface area contributed by atoms with Gasteiger partial charge in [0.1, 0.15) is 13.2 Å². The number of unbranched alkanes of at least 4 members (excludes halogenated alkanes) is 46. The molecule has 6 nitrogen and oxygen atoms in total. The Hall–Kier alpha value is -2.11. The minimum atomic E-state index is -0.767. The molecule has 0 rings (SSSR count). The van der Waals surface area contributed by atoms with Crippen molar-refractivity contribution >= 4 is 17.9 Å². The zero-order valence-electron chi connectivity index (χ0n) is 49.4. The van der Waals surface area contributed by atoms with Crippen molar-refractivity contribution in [2.24, 2.45) is 0 Å². The van der Waals surface area contributed by atoms with Crippen molar-refractivity contribution in [1.82, 2.24) is 0 Å². The molecule has 0 aromatic carbocycles. The molecule has 0 aliphatic rings. The van der Waals surface area contributed by atoms with Crippen LogP contribution in [0.5, 0.6) is 0 Å². The quantitative estimate of drug-likeness (QED) is 0.0261. The largest absolute Gasteiger partial charge is 0.462 e. The third-order valence-electron chi connectivity index (χ3n) is 14.9. The Bertz CT molecular complexity index is 1180. The van der Waals surface area contributed by atoms with E-state index in [-0.39, 0.29) is 31.1 Å². The maximum Gasteiger partial charge on any atom is 0.306 e. The maximum atomic E-state index is 12.8. The molecular weight excluding hydrogens is 901 g/mol. The fourth-order valence-corrected chi connectivity index (χ4v) is 9.97. The third kappa shape index (κ3) is 60.6. The molecular formula is C67H126O6. The first-order chi connectivity index (χ1) is 36.0. The summed E-state index contributed by atoms with van der Waals surface area (Å²) in [6, 6.07) is 0. The molecule has 0 N–H and O–H groups in total. The Morgan fingerprint density at radius 2 is 0.452 bits per heavy atom. The van der Waals surface area contributed by atoms with Gasteiger partial charge in [-0.15, -0.1) is 0 Å². The van der Waals surface area contributed by atoms with E-state index in [2.05, 4.69) is 45.1 Å². The molecule has 0 aromatic rings. The van der Waals surface area contributed by atoms with E-state index in [0.717, 1.165) is 57.8 Å². The van der Waals surface area contributed by atoms with Crippen molar-refractivity contribution in [3.8, 4) is 0 Å². The Kier molecular flexibility index (Phi) is 60.6. The van der Waals surface area contributed by atoms with Gasteiger partial charge in [0.2, 0.25) is 0 Å². The van der Waals surface area contributed by atoms with Crippen molar-refractivity contribution in [2.75, 3.05) is 13.2 Å². The monoisotopic (exact) mass is 1030 g/mol. The van der Waals surface area contributed by atoms with Crippen LogP contribution >= 0.6 is 0 Å². The molecule has 0 spiro atoms. The van der Waals surface area contributed by atoms with E-state index in [4.69, 9.17) is 14.2 Å². The Morgan fingerprint density at radius 1 is 0.260 bits per heavy atom. The molecule has 0 radical (unpaired) electrons. The fourth-order valence-electron chi connectivity index (χ4n) is 9.97. The van der Waals surface area contributed by atoms with Crippen molar-refractivity contribution in [2.45, 2.75) is 374 Å². The molecule has 0 saturated carbocycles. The van der Waals surface area contributed by atoms with Gasteiger partial charge in [-0.25, -0.2) is 0 Å². The standard InChI is InChI=1S/C67H126O6/c1-4-7-10-13-16-18-20-22-24-26-28-29-30-31-32-33-34-35-36-37-38-39-40-42-43-45-47-49-51-54-57-60-66(69)72-63-64(62-71-65(68)59-56-53-15-12-9-6-3)73-67(70)61-58-55-52-50-48-46-44-41-27-25-23-21-19-17-14-11-8-5-2/h25-28,64H,4-24,29-63H2,1-3H3/b27-25-,28-26-. The highest BCUT2D eigenvalue weighted by Gasteiger charge is 2.19. The van der Waals surface area contributed by atoms with E-state index in [1.165, 1.54) is 270 Å². The highest BCUT2D eigenvalue weighted by molar-refractivity contribution is 5.71. The number of carbonyl (C=O) groups is 3. The average molecular weight is 1030 g/mol. The fraction of sp³-hybridized carbons (Fsp3) is 0.896. The Labute approximate surface area is 455 Å². The highest BCUT2D eigenvalue weighted by atomic mass is 16.6. The van der Waals surface area contributed by atoms with Crippen LogP contribution in [0.4, 0.5) is 0 Å². The van der Waals surface area contributed by atoms with E-state index in [0.29, 0.717) is 19.3 Å². The summed E-state index contributed by atoms with van der Waals surface area (Å²) in [5.74, 6) is -0.860. The lowest BCUT2D eigenvalue weighted by atomic mass is 10.0. The first-order valence-electron chi connectivity index (χ1n) is 32.8. The summed E-state index contributed by atoms with van der Waals surface area (Å²) in [6.45, 7) is 6.63. The van der Waals surface area contributed by atoms with Crippen LogP contribution in [0.25, 0.3) is 0 Å². The minimum absolute atomic E-state index is 0.0682. The zero-order valence-corrected chi connectivity index (χ0v) is 49.4. The van der Waals surface area contributed by atoms with Gasteiger partial charge in [-0.1, -0.05) is 302 Å². The molecule has 73 heavy (non-hydrogen) atoms. The highest BCUT2D eigenvalue weighted by Crippen LogP contribution is 2.18. The first kappa shape index (κ1) is 70.9.